The first-order valence-electron chi connectivity index (χ1n) is 1.46. The Hall–Kier alpha value is -0.990. The summed E-state index contributed by atoms with van der Waals surface area (Å²) in [6, 6.07) is 0. The zero-order chi connectivity index (χ0) is 4.41. The molecule has 0 atom stereocenters. The van der Waals surface area contributed by atoms with E-state index in [4.69, 9.17) is 5.73 Å². The summed E-state index contributed by atoms with van der Waals surface area (Å²) in [6.07, 6.45) is 3.59. The van der Waals surface area contributed by atoms with Crippen LogP contribution >= 0.6 is 0 Å². The number of oxazole rings is 1. The molecule has 1 aromatic rings. The molecule has 0 unspecified atom stereocenters. The van der Waals surface area contributed by atoms with Crippen LogP contribution in [0.3, 0.4) is 0 Å². The topological polar surface area (TPSA) is 52.0 Å². The number of aromatic nitrogens is 1. The van der Waals surface area contributed by atoms with E-state index in [0.717, 1.165) is 0 Å². The molecule has 3 nitrogen and oxygen atoms in total. The lowest BCUT2D eigenvalue weighted by Crippen LogP contribution is -1.75. The Morgan fingerprint density at radius 2 is 2.83 bits per heavy atom. The number of rotatable bonds is 0. The van der Waals surface area contributed by atoms with Crippen LogP contribution in [-0.2, 0) is 0 Å². The maximum atomic E-state index is 4.99. The van der Waals surface area contributed by atoms with Crippen molar-refractivity contribution in [2.45, 2.75) is 0 Å². The normalized spacial score (nSPS) is 8.67. The van der Waals surface area contributed by atoms with Crippen molar-refractivity contribution < 1.29 is 4.42 Å². The van der Waals surface area contributed by atoms with Crippen molar-refractivity contribution in [2.75, 3.05) is 5.73 Å². The molecule has 1 rings (SSSR count). The van der Waals surface area contributed by atoms with Crippen molar-refractivity contribution in [2.24, 2.45) is 0 Å². The zero-order valence-electron chi connectivity index (χ0n) is 3.01. The largest absolute Gasteiger partial charge is 0.428 e. The van der Waals surface area contributed by atoms with Crippen LogP contribution in [0, 0.1) is 6.20 Å². The molecule has 0 bridgehead atoms. The second-order valence-electron chi connectivity index (χ2n) is 0.828. The van der Waals surface area contributed by atoms with E-state index in [1.165, 1.54) is 6.39 Å². The van der Waals surface area contributed by atoms with E-state index in [-0.39, 0.29) is 5.88 Å². The zero-order valence-corrected chi connectivity index (χ0v) is 3.01. The molecule has 1 radical (unpaired) electrons. The Labute approximate surface area is 34.8 Å². The second-order valence-corrected chi connectivity index (χ2v) is 0.828. The first kappa shape index (κ1) is 3.21. The van der Waals surface area contributed by atoms with Gasteiger partial charge in [-0.05, 0) is 0 Å². The fourth-order valence-electron chi connectivity index (χ4n) is 0.199. The molecule has 3 heteroatoms. The van der Waals surface area contributed by atoms with E-state index < -0.39 is 0 Å². The second kappa shape index (κ2) is 1.01. The van der Waals surface area contributed by atoms with Crippen molar-refractivity contribution in [1.82, 2.24) is 4.98 Å². The minimum atomic E-state index is 0.231. The monoisotopic (exact) mass is 83.0 g/mol. The highest BCUT2D eigenvalue weighted by Gasteiger charge is 1.79. The molecule has 2 N–H and O–H groups in total. The Balaban J connectivity index is 3.05. The van der Waals surface area contributed by atoms with E-state index in [0.29, 0.717) is 0 Å². The van der Waals surface area contributed by atoms with Crippen LogP contribution in [0.5, 0.6) is 0 Å². The highest BCUT2D eigenvalue weighted by Crippen LogP contribution is 1.91. The van der Waals surface area contributed by atoms with Crippen LogP contribution in [-0.4, -0.2) is 4.98 Å². The number of hydrogen-bond donors (Lipinski definition) is 1. The third-order valence-corrected chi connectivity index (χ3v) is 0.407. The van der Waals surface area contributed by atoms with Crippen LogP contribution in [0.1, 0.15) is 0 Å². The van der Waals surface area contributed by atoms with Gasteiger partial charge in [-0.2, -0.15) is 0 Å². The highest BCUT2D eigenvalue weighted by atomic mass is 16.3. The molecule has 0 spiro atoms. The van der Waals surface area contributed by atoms with E-state index in [1.807, 2.05) is 0 Å². The molecule has 0 fully saturated rings. The number of anilines is 1. The Morgan fingerprint density at radius 3 is 3.00 bits per heavy atom. The Morgan fingerprint density at radius 1 is 2.00 bits per heavy atom. The van der Waals surface area contributed by atoms with Crippen molar-refractivity contribution in [3.63, 3.8) is 0 Å². The maximum absolute atomic E-state index is 4.99. The van der Waals surface area contributed by atoms with Gasteiger partial charge in [-0.3, -0.25) is 0 Å². The standard InChI is InChI=1S/C3H3N2O/c4-3-1-5-2-6-3/h2H,4H2. The SMILES string of the molecule is Nc1[c]nco1. The fourth-order valence-corrected chi connectivity index (χ4v) is 0.199. The van der Waals surface area contributed by atoms with E-state index >= 15 is 0 Å². The van der Waals surface area contributed by atoms with Crippen molar-refractivity contribution in [3.05, 3.63) is 12.6 Å². The van der Waals surface area contributed by atoms with Gasteiger partial charge in [0.15, 0.2) is 12.6 Å². The molecular formula is C3H3N2O. The van der Waals surface area contributed by atoms with Gasteiger partial charge in [0.2, 0.25) is 5.88 Å². The van der Waals surface area contributed by atoms with Gasteiger partial charge >= 0.3 is 0 Å². The van der Waals surface area contributed by atoms with E-state index in [1.54, 1.807) is 0 Å². The molecule has 0 aliphatic carbocycles. The van der Waals surface area contributed by atoms with Crippen LogP contribution in [0.15, 0.2) is 10.8 Å². The third-order valence-electron chi connectivity index (χ3n) is 0.407. The van der Waals surface area contributed by atoms with Gasteiger partial charge in [-0.25, -0.2) is 4.98 Å². The lowest BCUT2D eigenvalue weighted by Gasteiger charge is -1.67. The summed E-state index contributed by atoms with van der Waals surface area (Å²) in [5, 5.41) is 0. The Bertz CT molecular complexity index is 112. The van der Waals surface area contributed by atoms with Gasteiger partial charge in [-0.15, -0.1) is 0 Å². The van der Waals surface area contributed by atoms with Crippen LogP contribution in [0.2, 0.25) is 0 Å². The number of nitrogens with two attached hydrogens (primary N) is 1. The first-order chi connectivity index (χ1) is 2.89. The van der Waals surface area contributed by atoms with Gasteiger partial charge < -0.3 is 10.2 Å². The minimum absolute atomic E-state index is 0.231. The van der Waals surface area contributed by atoms with Crippen LogP contribution < -0.4 is 5.73 Å². The average Bonchev–Trinajstić information content (AvgIpc) is 1.86. The van der Waals surface area contributed by atoms with Crippen molar-refractivity contribution in [1.29, 1.82) is 0 Å². The smallest absolute Gasteiger partial charge is 0.220 e. The lowest BCUT2D eigenvalue weighted by atomic mass is 10.9. The van der Waals surface area contributed by atoms with Gasteiger partial charge in [0, 0.05) is 0 Å². The summed E-state index contributed by atoms with van der Waals surface area (Å²) >= 11 is 0. The summed E-state index contributed by atoms with van der Waals surface area (Å²) in [5.41, 5.74) is 4.99. The lowest BCUT2D eigenvalue weighted by molar-refractivity contribution is 0.577. The van der Waals surface area contributed by atoms with Gasteiger partial charge in [0.1, 0.15) is 0 Å². The minimum Gasteiger partial charge on any atom is -0.428 e. The van der Waals surface area contributed by atoms with E-state index in [2.05, 4.69) is 15.6 Å². The molecule has 6 heavy (non-hydrogen) atoms. The van der Waals surface area contributed by atoms with Gasteiger partial charge in [0.05, 0.1) is 0 Å². The molecule has 0 amide bonds. The maximum Gasteiger partial charge on any atom is 0.220 e. The average molecular weight is 83.1 g/mol. The van der Waals surface area contributed by atoms with Crippen LogP contribution in [0.25, 0.3) is 0 Å². The van der Waals surface area contributed by atoms with Crippen molar-refractivity contribution >= 4 is 5.88 Å². The Kier molecular flexibility index (Phi) is 0.538. The molecule has 31 valence electrons. The molecule has 0 saturated heterocycles. The molecule has 0 aliphatic rings. The molecule has 0 saturated carbocycles. The third kappa shape index (κ3) is 0.337. The fraction of sp³-hybridized carbons (Fsp3) is 0. The van der Waals surface area contributed by atoms with E-state index in [9.17, 15) is 0 Å². The van der Waals surface area contributed by atoms with Crippen molar-refractivity contribution in [3.8, 4) is 0 Å². The van der Waals surface area contributed by atoms with Crippen LogP contribution in [0.4, 0.5) is 5.88 Å². The molecule has 1 heterocycles. The first-order valence-corrected chi connectivity index (χ1v) is 1.46. The molecular weight excluding hydrogens is 80.0 g/mol. The predicted molar refractivity (Wildman–Crippen MR) is 19.8 cm³/mol. The predicted octanol–water partition coefficient (Wildman–Crippen LogP) is 0.0570. The molecule has 0 aromatic carbocycles. The number of hydrogen-bond acceptors (Lipinski definition) is 3. The molecule has 1 aromatic heterocycles. The summed E-state index contributed by atoms with van der Waals surface area (Å²) in [7, 11) is 0. The van der Waals surface area contributed by atoms with Gasteiger partial charge in [0.25, 0.3) is 0 Å². The quantitative estimate of drug-likeness (QED) is 0.482. The number of nitrogens with zero attached hydrogens (tertiary/aromatic N) is 1. The van der Waals surface area contributed by atoms with Gasteiger partial charge in [-0.1, -0.05) is 0 Å². The highest BCUT2D eigenvalue weighted by molar-refractivity contribution is 5.13. The molecule has 0 aliphatic heterocycles. The summed E-state index contributed by atoms with van der Waals surface area (Å²) in [5.74, 6) is 0.231. The summed E-state index contributed by atoms with van der Waals surface area (Å²) in [4.78, 5) is 3.41. The summed E-state index contributed by atoms with van der Waals surface area (Å²) < 4.78 is 4.44. The summed E-state index contributed by atoms with van der Waals surface area (Å²) in [6.45, 7) is 0. The number of nitrogen functional groups attached to an aromatic ring is 1.